The van der Waals surface area contributed by atoms with Crippen LogP contribution in [0.15, 0.2) is 0 Å². The highest BCUT2D eigenvalue weighted by molar-refractivity contribution is 6.36. The molecule has 0 aliphatic carbocycles. The molecule has 6 nitrogen and oxygen atoms in total. The van der Waals surface area contributed by atoms with E-state index in [9.17, 15) is 4.79 Å². The molecule has 0 heterocycles. The Labute approximate surface area is 98.2 Å². The molecule has 7 heteroatoms. The third-order valence-electron chi connectivity index (χ3n) is 1.91. The maximum Gasteiger partial charge on any atom is 0.431 e. The highest BCUT2D eigenvalue weighted by atomic mass is 28.2. The number of nitrogens with zero attached hydrogens (tertiary/aromatic N) is 1. The zero-order chi connectivity index (χ0) is 12.6. The maximum atomic E-state index is 10.8. The van der Waals surface area contributed by atoms with E-state index in [-0.39, 0.29) is 6.54 Å². The van der Waals surface area contributed by atoms with E-state index in [0.29, 0.717) is 13.2 Å². The Morgan fingerprint density at radius 2 is 1.81 bits per heavy atom. The summed E-state index contributed by atoms with van der Waals surface area (Å²) < 4.78 is 10.8. The minimum atomic E-state index is -1.17. The molecule has 0 aliphatic rings. The monoisotopic (exact) mass is 251 g/mol. The van der Waals surface area contributed by atoms with Crippen molar-refractivity contribution in [3.05, 3.63) is 0 Å². The Hall–Kier alpha value is -0.633. The predicted molar refractivity (Wildman–Crippen MR) is 61.9 cm³/mol. The normalized spacial score (nSPS) is 12.2. The highest BCUT2D eigenvalue weighted by Gasteiger charge is 2.35. The van der Waals surface area contributed by atoms with E-state index >= 15 is 0 Å². The maximum absolute atomic E-state index is 10.8. The zero-order valence-corrected chi connectivity index (χ0v) is 11.8. The van der Waals surface area contributed by atoms with Gasteiger partial charge in [0.05, 0.1) is 0 Å². The van der Waals surface area contributed by atoms with Crippen LogP contribution in [0.2, 0.25) is 6.55 Å². The van der Waals surface area contributed by atoms with Crippen molar-refractivity contribution in [1.29, 1.82) is 0 Å². The average molecular weight is 251 g/mol. The highest BCUT2D eigenvalue weighted by Crippen LogP contribution is 2.16. The molecule has 0 fully saturated rings. The summed E-state index contributed by atoms with van der Waals surface area (Å²) >= 11 is 0. The Bertz CT molecular complexity index is 208. The fourth-order valence-corrected chi connectivity index (χ4v) is 2.31. The van der Waals surface area contributed by atoms with Gasteiger partial charge in [-0.3, -0.25) is 0 Å². The summed E-state index contributed by atoms with van der Waals surface area (Å²) in [5.74, 6) is 0. The van der Waals surface area contributed by atoms with E-state index in [4.69, 9.17) is 19.4 Å². The number of hydroxylamine groups is 2. The third kappa shape index (κ3) is 4.48. The molecule has 0 aromatic rings. The lowest BCUT2D eigenvalue weighted by molar-refractivity contribution is -0.390. The molecule has 0 saturated carbocycles. The van der Waals surface area contributed by atoms with Crippen LogP contribution in [0.25, 0.3) is 0 Å². The van der Waals surface area contributed by atoms with Crippen LogP contribution >= 0.6 is 0 Å². The van der Waals surface area contributed by atoms with Gasteiger partial charge in [0, 0.05) is 19.8 Å². The molecule has 0 aromatic carbocycles. The van der Waals surface area contributed by atoms with Crippen LogP contribution in [0.3, 0.4) is 0 Å². The van der Waals surface area contributed by atoms with Crippen molar-refractivity contribution in [2.24, 2.45) is 0 Å². The molecule has 1 N–H and O–H groups in total. The molecule has 0 radical (unpaired) electrons. The molecule has 0 saturated heterocycles. The second-order valence-corrected chi connectivity index (χ2v) is 4.54. The van der Waals surface area contributed by atoms with Gasteiger partial charge in [-0.1, -0.05) is 6.55 Å². The van der Waals surface area contributed by atoms with Gasteiger partial charge in [0.1, 0.15) is 9.52 Å². The molecule has 0 aliphatic heterocycles. The van der Waals surface area contributed by atoms with Crippen molar-refractivity contribution in [2.45, 2.75) is 32.9 Å². The van der Waals surface area contributed by atoms with Gasteiger partial charge >= 0.3 is 6.09 Å². The molecule has 0 unspecified atom stereocenters. The van der Waals surface area contributed by atoms with Crippen molar-refractivity contribution in [3.8, 4) is 0 Å². The van der Waals surface area contributed by atoms with Crippen LogP contribution < -0.4 is 0 Å². The van der Waals surface area contributed by atoms with E-state index in [1.54, 1.807) is 6.92 Å². The van der Waals surface area contributed by atoms with E-state index in [2.05, 4.69) is 0 Å². The minimum absolute atomic E-state index is 0.228. The molecule has 0 spiro atoms. The molecule has 0 bridgehead atoms. The zero-order valence-electron chi connectivity index (χ0n) is 10.4. The molecule has 0 rings (SSSR count). The molecular formula is C9H21NO5Si. The fraction of sp³-hybridized carbons (Fsp3) is 0.889. The molecule has 1 amide bonds. The summed E-state index contributed by atoms with van der Waals surface area (Å²) in [5.41, 5.74) is -1.17. The van der Waals surface area contributed by atoms with Crippen LogP contribution in [0.4, 0.5) is 4.79 Å². The number of rotatable bonds is 8. The van der Waals surface area contributed by atoms with Crippen molar-refractivity contribution in [3.63, 3.8) is 0 Å². The minimum Gasteiger partial charge on any atom is -0.463 e. The van der Waals surface area contributed by atoms with Gasteiger partial charge in [-0.2, -0.15) is 5.06 Å². The first-order valence-corrected chi connectivity index (χ1v) is 7.64. The number of hydrogen-bond acceptors (Lipinski definition) is 4. The predicted octanol–water partition coefficient (Wildman–Crippen LogP) is 0.819. The Morgan fingerprint density at radius 1 is 1.31 bits per heavy atom. The summed E-state index contributed by atoms with van der Waals surface area (Å²) in [6.45, 7) is 8.33. The van der Waals surface area contributed by atoms with Gasteiger partial charge in [0.15, 0.2) is 0 Å². The van der Waals surface area contributed by atoms with Crippen LogP contribution in [-0.2, 0) is 14.3 Å². The summed E-state index contributed by atoms with van der Waals surface area (Å²) in [4.78, 5) is 16.2. The number of ether oxygens (including phenoxy) is 2. The van der Waals surface area contributed by atoms with E-state index < -0.39 is 21.2 Å². The average Bonchev–Trinajstić information content (AvgIpc) is 2.25. The van der Waals surface area contributed by atoms with E-state index in [1.165, 1.54) is 0 Å². The lowest BCUT2D eigenvalue weighted by atomic mass is 10.7. The lowest BCUT2D eigenvalue weighted by Crippen LogP contribution is -2.50. The smallest absolute Gasteiger partial charge is 0.431 e. The fourth-order valence-electron chi connectivity index (χ4n) is 1.21. The third-order valence-corrected chi connectivity index (χ3v) is 3.31. The van der Waals surface area contributed by atoms with Gasteiger partial charge in [0.2, 0.25) is 0 Å². The summed E-state index contributed by atoms with van der Waals surface area (Å²) in [6, 6.07) is 0. The first-order valence-electron chi connectivity index (χ1n) is 5.52. The second kappa shape index (κ2) is 7.61. The molecule has 0 aromatic heterocycles. The van der Waals surface area contributed by atoms with Gasteiger partial charge in [-0.05, 0) is 20.8 Å². The van der Waals surface area contributed by atoms with Crippen molar-refractivity contribution >= 4 is 15.6 Å². The first-order chi connectivity index (χ1) is 7.55. The molecule has 0 atom stereocenters. The van der Waals surface area contributed by atoms with Gasteiger partial charge in [-0.25, -0.2) is 9.63 Å². The summed E-state index contributed by atoms with van der Waals surface area (Å²) in [5, 5.41) is 9.71. The van der Waals surface area contributed by atoms with Crippen LogP contribution in [0, 0.1) is 0 Å². The first kappa shape index (κ1) is 15.4. The quantitative estimate of drug-likeness (QED) is 0.393. The Morgan fingerprint density at radius 3 is 2.06 bits per heavy atom. The van der Waals surface area contributed by atoms with Gasteiger partial charge in [0.25, 0.3) is 5.60 Å². The lowest BCUT2D eigenvalue weighted by Gasteiger charge is -2.34. The number of carbonyl (C=O) groups is 1. The van der Waals surface area contributed by atoms with Crippen molar-refractivity contribution in [1.82, 2.24) is 5.06 Å². The standard InChI is InChI=1S/C9H21NO5Si/c1-5-10(8(11)12)15-9(16-4,13-6-2)14-7-3/h5-7,16H2,1-4H3,(H,11,12). The van der Waals surface area contributed by atoms with Crippen molar-refractivity contribution < 1.29 is 24.2 Å². The Kier molecular flexibility index (Phi) is 7.31. The van der Waals surface area contributed by atoms with Gasteiger partial charge in [-0.15, -0.1) is 0 Å². The largest absolute Gasteiger partial charge is 0.463 e. The van der Waals surface area contributed by atoms with Crippen molar-refractivity contribution in [2.75, 3.05) is 19.8 Å². The van der Waals surface area contributed by atoms with E-state index in [1.807, 2.05) is 20.4 Å². The van der Waals surface area contributed by atoms with Crippen LogP contribution in [0.5, 0.6) is 0 Å². The Balaban J connectivity index is 4.66. The summed E-state index contributed by atoms with van der Waals surface area (Å²) in [6.07, 6.45) is -1.14. The number of amides is 1. The van der Waals surface area contributed by atoms with E-state index in [0.717, 1.165) is 5.06 Å². The topological polar surface area (TPSA) is 68.2 Å². The molecular weight excluding hydrogens is 230 g/mol. The number of hydrogen-bond donors (Lipinski definition) is 1. The summed E-state index contributed by atoms with van der Waals surface area (Å²) in [7, 11) is -0.857. The number of carboxylic acid groups (broad SMARTS) is 1. The van der Waals surface area contributed by atoms with Crippen LogP contribution in [0.1, 0.15) is 20.8 Å². The SMILES string of the molecule is CCOC(OCC)(ON(CC)C(=O)O)[SiH2]C. The molecule has 96 valence electrons. The van der Waals surface area contributed by atoms with Gasteiger partial charge < -0.3 is 14.6 Å². The molecule has 16 heavy (non-hydrogen) atoms. The van der Waals surface area contributed by atoms with Crippen LogP contribution in [-0.4, -0.2) is 51.1 Å². The second-order valence-electron chi connectivity index (χ2n) is 2.97.